The first-order valence-electron chi connectivity index (χ1n) is 9.97. The van der Waals surface area contributed by atoms with Crippen molar-refractivity contribution in [3.05, 3.63) is 50.9 Å². The third kappa shape index (κ3) is 3.97. The summed E-state index contributed by atoms with van der Waals surface area (Å²) in [7, 11) is 1.44. The molecule has 3 aromatic rings. The Morgan fingerprint density at radius 2 is 1.93 bits per heavy atom. The number of piperidine rings is 1. The van der Waals surface area contributed by atoms with Crippen molar-refractivity contribution < 1.29 is 14.4 Å². The Morgan fingerprint density at radius 1 is 1.24 bits per heavy atom. The number of aromatic nitrogens is 2. The molecule has 0 unspecified atom stereocenters. The van der Waals surface area contributed by atoms with Crippen LogP contribution in [0.5, 0.6) is 0 Å². The minimum atomic E-state index is -0.116. The molecule has 7 heteroatoms. The number of ether oxygens (including phenoxy) is 1. The smallest absolute Gasteiger partial charge is 0.309 e. The molecule has 1 fully saturated rings. The topological polar surface area (TPSA) is 76.5 Å². The van der Waals surface area contributed by atoms with E-state index in [4.69, 9.17) is 9.72 Å². The third-order valence-corrected chi connectivity index (χ3v) is 6.77. The predicted octanol–water partition coefficient (Wildman–Crippen LogP) is 2.24. The van der Waals surface area contributed by atoms with Crippen molar-refractivity contribution in [3.8, 4) is 11.1 Å². The molecular weight excluding hydrogens is 386 g/mol. The van der Waals surface area contributed by atoms with Crippen LogP contribution in [-0.4, -0.2) is 36.1 Å². The minimum absolute atomic E-state index is 0.00440. The van der Waals surface area contributed by atoms with E-state index in [9.17, 15) is 9.59 Å². The van der Waals surface area contributed by atoms with Gasteiger partial charge >= 0.3 is 5.97 Å². The third-order valence-electron chi connectivity index (χ3n) is 5.77. The highest BCUT2D eigenvalue weighted by molar-refractivity contribution is 7.19. The summed E-state index contributed by atoms with van der Waals surface area (Å²) in [5.74, 6) is 0.593. The first-order chi connectivity index (χ1) is 14.0. The molecule has 1 aliphatic rings. The zero-order valence-electron chi connectivity index (χ0n) is 17.0. The number of carbonyl (C=O) groups is 1. The van der Waals surface area contributed by atoms with Crippen molar-refractivity contribution in [3.63, 3.8) is 0 Å². The van der Waals surface area contributed by atoms with E-state index in [1.807, 2.05) is 6.92 Å². The van der Waals surface area contributed by atoms with Gasteiger partial charge in [-0.05, 0) is 19.4 Å². The zero-order chi connectivity index (χ0) is 20.5. The van der Waals surface area contributed by atoms with Crippen LogP contribution in [0, 0.1) is 19.8 Å². The largest absolute Gasteiger partial charge is 0.469 e. The van der Waals surface area contributed by atoms with Crippen LogP contribution in [-0.2, 0) is 16.1 Å². The number of likely N-dealkylation sites (tertiary alicyclic amines) is 1. The van der Waals surface area contributed by atoms with Gasteiger partial charge in [-0.25, -0.2) is 4.98 Å². The van der Waals surface area contributed by atoms with E-state index in [1.54, 1.807) is 11.3 Å². The molecule has 0 atom stereocenters. The van der Waals surface area contributed by atoms with Crippen LogP contribution >= 0.6 is 11.3 Å². The number of benzene rings is 1. The number of thiophene rings is 1. The number of carbonyl (C=O) groups excluding carboxylic acids is 1. The number of quaternary nitrogens is 1. The minimum Gasteiger partial charge on any atom is -0.469 e. The summed E-state index contributed by atoms with van der Waals surface area (Å²) in [4.78, 5) is 35.6. The lowest BCUT2D eigenvalue weighted by atomic mass is 9.97. The molecule has 0 bridgehead atoms. The summed E-state index contributed by atoms with van der Waals surface area (Å²) >= 11 is 1.57. The van der Waals surface area contributed by atoms with Gasteiger partial charge in [0.05, 0.1) is 31.5 Å². The van der Waals surface area contributed by atoms with E-state index < -0.39 is 0 Å². The number of aromatic amines is 1. The van der Waals surface area contributed by atoms with Crippen LogP contribution in [0.25, 0.3) is 21.3 Å². The highest BCUT2D eigenvalue weighted by atomic mass is 32.1. The quantitative estimate of drug-likeness (QED) is 0.645. The van der Waals surface area contributed by atoms with E-state index in [2.05, 4.69) is 36.2 Å². The lowest BCUT2D eigenvalue weighted by Crippen LogP contribution is -3.12. The van der Waals surface area contributed by atoms with Crippen LogP contribution < -0.4 is 10.5 Å². The van der Waals surface area contributed by atoms with Crippen LogP contribution in [0.4, 0.5) is 0 Å². The average Bonchev–Trinajstić information content (AvgIpc) is 3.05. The Hall–Kier alpha value is -2.51. The van der Waals surface area contributed by atoms with Gasteiger partial charge in [0.1, 0.15) is 11.4 Å². The molecule has 0 saturated carbocycles. The lowest BCUT2D eigenvalue weighted by Gasteiger charge is -2.27. The van der Waals surface area contributed by atoms with Gasteiger partial charge < -0.3 is 14.6 Å². The van der Waals surface area contributed by atoms with Crippen LogP contribution in [0.15, 0.2) is 29.1 Å². The van der Waals surface area contributed by atoms with E-state index in [0.717, 1.165) is 46.8 Å². The monoisotopic (exact) mass is 412 g/mol. The summed E-state index contributed by atoms with van der Waals surface area (Å²) in [6.45, 7) is 6.51. The fourth-order valence-electron chi connectivity index (χ4n) is 4.16. The maximum absolute atomic E-state index is 12.9. The molecule has 3 heterocycles. The fraction of sp³-hybridized carbons (Fsp3) is 0.409. The highest BCUT2D eigenvalue weighted by Crippen LogP contribution is 2.35. The predicted molar refractivity (Wildman–Crippen MR) is 114 cm³/mol. The Balaban J connectivity index is 1.58. The maximum atomic E-state index is 12.9. The number of aryl methyl sites for hydroxylation is 2. The van der Waals surface area contributed by atoms with Crippen LogP contribution in [0.3, 0.4) is 0 Å². The van der Waals surface area contributed by atoms with Gasteiger partial charge in [0, 0.05) is 23.3 Å². The van der Waals surface area contributed by atoms with Gasteiger partial charge in [-0.2, -0.15) is 0 Å². The summed E-state index contributed by atoms with van der Waals surface area (Å²) in [5.41, 5.74) is 3.15. The zero-order valence-corrected chi connectivity index (χ0v) is 17.8. The van der Waals surface area contributed by atoms with Crippen molar-refractivity contribution in [1.82, 2.24) is 9.97 Å². The normalized spacial score (nSPS) is 19.4. The SMILES string of the molecule is COC(=O)C1CC[NH+](Cc2nc3sc(C)c(-c4ccc(C)cc4)c3c(=O)[nH]2)CC1. The number of methoxy groups -OCH3 is 1. The maximum Gasteiger partial charge on any atom is 0.309 e. The Morgan fingerprint density at radius 3 is 2.59 bits per heavy atom. The molecule has 1 saturated heterocycles. The Bertz CT molecular complexity index is 1090. The number of nitrogens with zero attached hydrogens (tertiary/aromatic N) is 1. The second-order valence-corrected chi connectivity index (χ2v) is 9.02. The van der Waals surface area contributed by atoms with Crippen molar-refractivity contribution in [1.29, 1.82) is 0 Å². The summed E-state index contributed by atoms with van der Waals surface area (Å²) < 4.78 is 4.86. The number of fused-ring (bicyclic) bond motifs is 1. The second kappa shape index (κ2) is 8.08. The van der Waals surface area contributed by atoms with Gasteiger partial charge in [0.25, 0.3) is 5.56 Å². The molecule has 152 valence electrons. The molecule has 2 N–H and O–H groups in total. The highest BCUT2D eigenvalue weighted by Gasteiger charge is 2.28. The standard InChI is InChI=1S/C22H25N3O3S/c1-13-4-6-15(7-5-13)18-14(2)29-21-19(18)20(26)23-17(24-21)12-25-10-8-16(9-11-25)22(27)28-3/h4-7,16H,8-12H2,1-3H3,(H,23,24,26)/p+1. The molecule has 0 spiro atoms. The average molecular weight is 413 g/mol. The summed E-state index contributed by atoms with van der Waals surface area (Å²) in [6.07, 6.45) is 1.62. The molecule has 0 radical (unpaired) electrons. The lowest BCUT2D eigenvalue weighted by molar-refractivity contribution is -0.920. The van der Waals surface area contributed by atoms with Crippen molar-refractivity contribution in [2.45, 2.75) is 33.2 Å². The Labute approximate surface area is 173 Å². The van der Waals surface area contributed by atoms with E-state index >= 15 is 0 Å². The molecule has 1 aliphatic heterocycles. The number of rotatable bonds is 4. The van der Waals surface area contributed by atoms with Gasteiger partial charge in [-0.3, -0.25) is 9.59 Å². The van der Waals surface area contributed by atoms with Crippen molar-refractivity contribution in [2.75, 3.05) is 20.2 Å². The van der Waals surface area contributed by atoms with Gasteiger partial charge in [0.15, 0.2) is 5.82 Å². The molecule has 29 heavy (non-hydrogen) atoms. The summed E-state index contributed by atoms with van der Waals surface area (Å²) in [5, 5.41) is 0.680. The molecule has 0 aliphatic carbocycles. The molecule has 1 aromatic carbocycles. The number of hydrogen-bond acceptors (Lipinski definition) is 5. The molecular formula is C22H26N3O3S+. The van der Waals surface area contributed by atoms with Gasteiger partial charge in [-0.15, -0.1) is 11.3 Å². The summed E-state index contributed by atoms with van der Waals surface area (Å²) in [6, 6.07) is 8.25. The fourth-order valence-corrected chi connectivity index (χ4v) is 5.22. The first kappa shape index (κ1) is 19.8. The second-order valence-electron chi connectivity index (χ2n) is 7.82. The molecule has 6 nitrogen and oxygen atoms in total. The first-order valence-corrected chi connectivity index (χ1v) is 10.8. The van der Waals surface area contributed by atoms with Crippen molar-refractivity contribution in [2.24, 2.45) is 5.92 Å². The molecule has 2 aromatic heterocycles. The van der Waals surface area contributed by atoms with Gasteiger partial charge in [-0.1, -0.05) is 29.8 Å². The van der Waals surface area contributed by atoms with E-state index in [1.165, 1.54) is 17.6 Å². The number of H-pyrrole nitrogens is 1. The number of esters is 1. The Kier molecular flexibility index (Phi) is 5.52. The van der Waals surface area contributed by atoms with Crippen LogP contribution in [0.1, 0.15) is 29.1 Å². The van der Waals surface area contributed by atoms with Crippen molar-refractivity contribution >= 4 is 27.5 Å². The van der Waals surface area contributed by atoms with E-state index in [-0.39, 0.29) is 17.4 Å². The molecule has 0 amide bonds. The van der Waals surface area contributed by atoms with E-state index in [0.29, 0.717) is 17.8 Å². The number of hydrogen-bond donors (Lipinski definition) is 2. The number of nitrogens with one attached hydrogen (secondary N) is 2. The van der Waals surface area contributed by atoms with Gasteiger partial charge in [0.2, 0.25) is 0 Å². The molecule has 4 rings (SSSR count). The van der Waals surface area contributed by atoms with Crippen LogP contribution in [0.2, 0.25) is 0 Å².